The molecule has 0 aliphatic rings. The molecule has 4 heteroatoms. The van der Waals surface area contributed by atoms with Gasteiger partial charge in [0, 0.05) is 0 Å². The highest BCUT2D eigenvalue weighted by molar-refractivity contribution is 5.83. The Morgan fingerprint density at radius 2 is 1.64 bits per heavy atom. The standard InChI is InChI=1S/C18H30N2O.BrH/c1-14(2)13-16-7-9-17(10-8-16)15(3)18(21)19-11-12-20(4,5)6;/h7-10,14-15H,11-13H2,1-6H3;1H. The summed E-state index contributed by atoms with van der Waals surface area (Å²) in [6, 6.07) is 8.46. The van der Waals surface area contributed by atoms with E-state index in [9.17, 15) is 4.79 Å². The molecule has 0 heterocycles. The van der Waals surface area contributed by atoms with E-state index in [-0.39, 0.29) is 28.8 Å². The van der Waals surface area contributed by atoms with Gasteiger partial charge in [-0.05, 0) is 30.4 Å². The number of amides is 1. The molecule has 22 heavy (non-hydrogen) atoms. The molecule has 0 radical (unpaired) electrons. The lowest BCUT2D eigenvalue weighted by molar-refractivity contribution is -0.869. The topological polar surface area (TPSA) is 29.1 Å². The molecule has 0 aromatic heterocycles. The van der Waals surface area contributed by atoms with Crippen molar-refractivity contribution in [2.45, 2.75) is 33.1 Å². The summed E-state index contributed by atoms with van der Waals surface area (Å²) in [6.07, 6.45) is 1.09. The lowest BCUT2D eigenvalue weighted by Gasteiger charge is -2.24. The van der Waals surface area contributed by atoms with E-state index in [0.717, 1.165) is 29.6 Å². The number of rotatable bonds is 7. The fourth-order valence-electron chi connectivity index (χ4n) is 2.23. The Balaban J connectivity index is 0.00000441. The molecule has 1 atom stereocenters. The summed E-state index contributed by atoms with van der Waals surface area (Å²) < 4.78 is 0.860. The SMILES string of the molecule is CC(C)Cc1ccc(C(C)C(=O)NCC[N+](C)(C)C)cc1.[Br-]. The molecule has 0 aliphatic heterocycles. The molecule has 1 N–H and O–H groups in total. The molecule has 3 nitrogen and oxygen atoms in total. The number of carbonyl (C=O) groups excluding carboxylic acids is 1. The number of hydrogen-bond donors (Lipinski definition) is 1. The third kappa shape index (κ3) is 7.95. The monoisotopic (exact) mass is 370 g/mol. The van der Waals surface area contributed by atoms with Crippen LogP contribution in [0, 0.1) is 5.92 Å². The van der Waals surface area contributed by atoms with E-state index in [1.807, 2.05) is 6.92 Å². The van der Waals surface area contributed by atoms with E-state index in [1.54, 1.807) is 0 Å². The van der Waals surface area contributed by atoms with Gasteiger partial charge in [0.05, 0.1) is 40.2 Å². The van der Waals surface area contributed by atoms with E-state index >= 15 is 0 Å². The van der Waals surface area contributed by atoms with Crippen LogP contribution < -0.4 is 22.3 Å². The van der Waals surface area contributed by atoms with Gasteiger partial charge in [-0.25, -0.2) is 0 Å². The normalized spacial score (nSPS) is 12.7. The number of carbonyl (C=O) groups is 1. The van der Waals surface area contributed by atoms with Crippen LogP contribution >= 0.6 is 0 Å². The Bertz CT molecular complexity index is 449. The second-order valence-electron chi connectivity index (χ2n) is 7.37. The van der Waals surface area contributed by atoms with Crippen molar-refractivity contribution in [3.8, 4) is 0 Å². The molecule has 1 rings (SSSR count). The first-order valence-electron chi connectivity index (χ1n) is 7.86. The minimum Gasteiger partial charge on any atom is -1.00 e. The lowest BCUT2D eigenvalue weighted by atomic mass is 9.96. The van der Waals surface area contributed by atoms with E-state index in [1.165, 1.54) is 5.56 Å². The minimum absolute atomic E-state index is 0. The van der Waals surface area contributed by atoms with Gasteiger partial charge < -0.3 is 26.8 Å². The largest absolute Gasteiger partial charge is 1.00 e. The molecular weight excluding hydrogens is 340 g/mol. The summed E-state index contributed by atoms with van der Waals surface area (Å²) in [6.45, 7) is 8.07. The molecule has 1 aromatic rings. The van der Waals surface area contributed by atoms with Crippen molar-refractivity contribution < 1.29 is 26.3 Å². The van der Waals surface area contributed by atoms with E-state index in [2.05, 4.69) is 64.6 Å². The summed E-state index contributed by atoms with van der Waals surface area (Å²) in [5.41, 5.74) is 2.43. The number of hydrogen-bond acceptors (Lipinski definition) is 1. The van der Waals surface area contributed by atoms with Crippen molar-refractivity contribution in [1.29, 1.82) is 0 Å². The maximum absolute atomic E-state index is 12.2. The number of halogens is 1. The van der Waals surface area contributed by atoms with E-state index in [0.29, 0.717) is 5.92 Å². The van der Waals surface area contributed by atoms with Crippen LogP contribution in [0.15, 0.2) is 24.3 Å². The Morgan fingerprint density at radius 1 is 1.09 bits per heavy atom. The van der Waals surface area contributed by atoms with Gasteiger partial charge in [0.2, 0.25) is 5.91 Å². The molecule has 0 bridgehead atoms. The van der Waals surface area contributed by atoms with Crippen LogP contribution in [0.3, 0.4) is 0 Å². The predicted octanol–water partition coefficient (Wildman–Crippen LogP) is -0.185. The highest BCUT2D eigenvalue weighted by Gasteiger charge is 2.16. The number of benzene rings is 1. The second-order valence-corrected chi connectivity index (χ2v) is 7.37. The van der Waals surface area contributed by atoms with Gasteiger partial charge in [-0.15, -0.1) is 0 Å². The zero-order valence-corrected chi connectivity index (χ0v) is 16.4. The molecule has 0 fully saturated rings. The molecule has 0 saturated heterocycles. The summed E-state index contributed by atoms with van der Waals surface area (Å²) in [5, 5.41) is 3.03. The summed E-state index contributed by atoms with van der Waals surface area (Å²) in [7, 11) is 6.38. The van der Waals surface area contributed by atoms with Crippen LogP contribution in [0.1, 0.15) is 37.8 Å². The third-order valence-corrected chi connectivity index (χ3v) is 3.60. The van der Waals surface area contributed by atoms with Crippen LogP contribution in [-0.4, -0.2) is 44.6 Å². The molecule has 126 valence electrons. The minimum atomic E-state index is -0.0921. The van der Waals surface area contributed by atoms with Crippen molar-refractivity contribution in [1.82, 2.24) is 5.32 Å². The van der Waals surface area contributed by atoms with E-state index in [4.69, 9.17) is 0 Å². The average Bonchev–Trinajstić information content (AvgIpc) is 2.36. The van der Waals surface area contributed by atoms with Gasteiger partial charge >= 0.3 is 0 Å². The predicted molar refractivity (Wildman–Crippen MR) is 89.3 cm³/mol. The fourth-order valence-corrected chi connectivity index (χ4v) is 2.23. The highest BCUT2D eigenvalue weighted by atomic mass is 79.9. The Labute approximate surface area is 146 Å². The molecule has 1 amide bonds. The molecule has 0 spiro atoms. The Morgan fingerprint density at radius 3 is 2.09 bits per heavy atom. The summed E-state index contributed by atoms with van der Waals surface area (Å²) in [5.74, 6) is 0.678. The van der Waals surface area contributed by atoms with Gasteiger partial charge in [0.25, 0.3) is 0 Å². The van der Waals surface area contributed by atoms with Gasteiger partial charge in [-0.2, -0.15) is 0 Å². The van der Waals surface area contributed by atoms with Gasteiger partial charge in [0.15, 0.2) is 0 Å². The van der Waals surface area contributed by atoms with Crippen LogP contribution in [0.2, 0.25) is 0 Å². The molecule has 1 unspecified atom stereocenters. The van der Waals surface area contributed by atoms with Crippen molar-refractivity contribution in [3.05, 3.63) is 35.4 Å². The van der Waals surface area contributed by atoms with Crippen LogP contribution in [0.25, 0.3) is 0 Å². The van der Waals surface area contributed by atoms with Crippen molar-refractivity contribution in [3.63, 3.8) is 0 Å². The molecular formula is C18H31BrN2O. The van der Waals surface area contributed by atoms with Crippen molar-refractivity contribution >= 4 is 5.91 Å². The lowest BCUT2D eigenvalue weighted by Crippen LogP contribution is -3.00. The maximum atomic E-state index is 12.2. The second kappa shape index (κ2) is 9.31. The van der Waals surface area contributed by atoms with E-state index < -0.39 is 0 Å². The highest BCUT2D eigenvalue weighted by Crippen LogP contribution is 2.17. The van der Waals surface area contributed by atoms with Crippen LogP contribution in [-0.2, 0) is 11.2 Å². The fraction of sp³-hybridized carbons (Fsp3) is 0.611. The first-order chi connectivity index (χ1) is 9.69. The van der Waals surface area contributed by atoms with Gasteiger partial charge in [0.1, 0.15) is 0 Å². The number of likely N-dealkylation sites (N-methyl/N-ethyl adjacent to an activating group) is 1. The van der Waals surface area contributed by atoms with Gasteiger partial charge in [-0.1, -0.05) is 38.1 Å². The number of quaternary nitrogens is 1. The first kappa shape index (κ1) is 21.1. The van der Waals surface area contributed by atoms with Gasteiger partial charge in [-0.3, -0.25) is 4.79 Å². The average molecular weight is 371 g/mol. The zero-order chi connectivity index (χ0) is 16.0. The Kier molecular flexibility index (Phi) is 8.94. The van der Waals surface area contributed by atoms with Crippen LogP contribution in [0.5, 0.6) is 0 Å². The molecule has 0 aliphatic carbocycles. The quantitative estimate of drug-likeness (QED) is 0.662. The molecule has 0 saturated carbocycles. The third-order valence-electron chi connectivity index (χ3n) is 3.60. The van der Waals surface area contributed by atoms with Crippen molar-refractivity contribution in [2.24, 2.45) is 5.92 Å². The molecule has 1 aromatic carbocycles. The zero-order valence-electron chi connectivity index (χ0n) is 14.8. The maximum Gasteiger partial charge on any atom is 0.227 e. The summed E-state index contributed by atoms with van der Waals surface area (Å²) in [4.78, 5) is 12.2. The number of nitrogens with one attached hydrogen (secondary N) is 1. The smallest absolute Gasteiger partial charge is 0.227 e. The Hall–Kier alpha value is -0.870. The van der Waals surface area contributed by atoms with Crippen molar-refractivity contribution in [2.75, 3.05) is 34.2 Å². The van der Waals surface area contributed by atoms with Crippen LogP contribution in [0.4, 0.5) is 0 Å². The summed E-state index contributed by atoms with van der Waals surface area (Å²) >= 11 is 0. The first-order valence-corrected chi connectivity index (χ1v) is 7.86. The number of nitrogens with zero attached hydrogens (tertiary/aromatic N) is 1.